The van der Waals surface area contributed by atoms with Gasteiger partial charge in [0.1, 0.15) is 6.61 Å². The van der Waals surface area contributed by atoms with Crippen molar-refractivity contribution in [2.45, 2.75) is 38.6 Å². The first-order chi connectivity index (χ1) is 9.69. The van der Waals surface area contributed by atoms with Gasteiger partial charge in [0.15, 0.2) is 0 Å². The van der Waals surface area contributed by atoms with Crippen LogP contribution in [-0.4, -0.2) is 52.7 Å². The van der Waals surface area contributed by atoms with Crippen molar-refractivity contribution in [3.63, 3.8) is 0 Å². The highest BCUT2D eigenvalue weighted by molar-refractivity contribution is 5.20. The Bertz CT molecular complexity index is 429. The Balaban J connectivity index is 1.92. The number of piperidine rings is 1. The number of hydrogen-bond acceptors (Lipinski definition) is 7. The lowest BCUT2D eigenvalue weighted by Crippen LogP contribution is -2.40. The minimum atomic E-state index is 0.123. The number of nitrogens with two attached hydrogens (primary N) is 1. The first kappa shape index (κ1) is 14.8. The maximum Gasteiger partial charge on any atom is 0.324 e. The third kappa shape index (κ3) is 4.19. The molecule has 1 aromatic rings. The Hall–Kier alpha value is -1.63. The van der Waals surface area contributed by atoms with Gasteiger partial charge in [0.25, 0.3) is 0 Å². The molecule has 0 saturated carbocycles. The topological polar surface area (TPSA) is 86.4 Å². The van der Waals surface area contributed by atoms with Crippen LogP contribution in [0.4, 0.5) is 5.95 Å². The molecule has 1 aliphatic heterocycles. The third-order valence-corrected chi connectivity index (χ3v) is 3.37. The van der Waals surface area contributed by atoms with Crippen LogP contribution in [0.15, 0.2) is 0 Å². The quantitative estimate of drug-likeness (QED) is 0.835. The summed E-state index contributed by atoms with van der Waals surface area (Å²) in [5, 5.41) is 0. The minimum Gasteiger partial charge on any atom is -0.463 e. The van der Waals surface area contributed by atoms with E-state index in [1.165, 1.54) is 12.8 Å². The lowest BCUT2D eigenvalue weighted by atomic mass is 10.0. The summed E-state index contributed by atoms with van der Waals surface area (Å²) in [5.74, 6) is 0.123. The summed E-state index contributed by atoms with van der Waals surface area (Å²) in [7, 11) is 2.12. The van der Waals surface area contributed by atoms with Crippen LogP contribution < -0.4 is 15.2 Å². The van der Waals surface area contributed by atoms with Gasteiger partial charge in [-0.05, 0) is 32.9 Å². The van der Waals surface area contributed by atoms with E-state index >= 15 is 0 Å². The molecule has 0 bridgehead atoms. The normalized spacial score (nSPS) is 19.8. The minimum absolute atomic E-state index is 0.123. The van der Waals surface area contributed by atoms with E-state index in [1.54, 1.807) is 0 Å². The summed E-state index contributed by atoms with van der Waals surface area (Å²) >= 11 is 0. The molecular weight excluding hydrogens is 258 g/mol. The Labute approximate surface area is 119 Å². The summed E-state index contributed by atoms with van der Waals surface area (Å²) in [6.07, 6.45) is 4.51. The van der Waals surface area contributed by atoms with Crippen LogP contribution in [0.25, 0.3) is 0 Å². The van der Waals surface area contributed by atoms with Crippen LogP contribution in [0.2, 0.25) is 0 Å². The maximum atomic E-state index is 5.65. The Morgan fingerprint density at radius 3 is 2.65 bits per heavy atom. The predicted octanol–water partition coefficient (Wildman–Crippen LogP) is 1.11. The Kier molecular flexibility index (Phi) is 5.34. The first-order valence-corrected chi connectivity index (χ1v) is 7.16. The van der Waals surface area contributed by atoms with Gasteiger partial charge < -0.3 is 20.1 Å². The van der Waals surface area contributed by atoms with Crippen molar-refractivity contribution in [1.29, 1.82) is 0 Å². The van der Waals surface area contributed by atoms with Gasteiger partial charge in [0.05, 0.1) is 6.61 Å². The zero-order valence-electron chi connectivity index (χ0n) is 12.2. The van der Waals surface area contributed by atoms with E-state index in [9.17, 15) is 0 Å². The van der Waals surface area contributed by atoms with Crippen LogP contribution in [0.3, 0.4) is 0 Å². The van der Waals surface area contributed by atoms with E-state index in [0.29, 0.717) is 19.3 Å². The second-order valence-electron chi connectivity index (χ2n) is 5.05. The number of nitrogens with zero attached hydrogens (tertiary/aromatic N) is 4. The summed E-state index contributed by atoms with van der Waals surface area (Å²) < 4.78 is 11.0. The molecule has 1 aromatic heterocycles. The standard InChI is InChI=1S/C13H23N5O2/c1-3-8-19-12-15-11(14)16-13(17-12)20-9-10-6-4-5-7-18(10)2/h10H,3-9H2,1-2H3,(H2,14,15,16,17). The molecule has 0 amide bonds. The molecular formula is C13H23N5O2. The molecule has 0 aliphatic carbocycles. The fourth-order valence-corrected chi connectivity index (χ4v) is 2.20. The van der Waals surface area contributed by atoms with E-state index < -0.39 is 0 Å². The first-order valence-electron chi connectivity index (χ1n) is 7.16. The number of rotatable bonds is 6. The summed E-state index contributed by atoms with van der Waals surface area (Å²) in [6.45, 7) is 4.24. The SMILES string of the molecule is CCCOc1nc(N)nc(OCC2CCCCN2C)n1. The number of likely N-dealkylation sites (N-methyl/N-ethyl adjacent to an activating group) is 1. The van der Waals surface area contributed by atoms with Crippen LogP contribution in [0.1, 0.15) is 32.6 Å². The van der Waals surface area contributed by atoms with Gasteiger partial charge in [-0.2, -0.15) is 9.97 Å². The smallest absolute Gasteiger partial charge is 0.324 e. The summed E-state index contributed by atoms with van der Waals surface area (Å²) in [4.78, 5) is 14.3. The molecule has 112 valence electrons. The lowest BCUT2D eigenvalue weighted by Gasteiger charge is -2.31. The molecule has 1 saturated heterocycles. The van der Waals surface area contributed by atoms with Crippen LogP contribution >= 0.6 is 0 Å². The van der Waals surface area contributed by atoms with Crippen molar-refractivity contribution >= 4 is 5.95 Å². The molecule has 7 nitrogen and oxygen atoms in total. The van der Waals surface area contributed by atoms with Gasteiger partial charge >= 0.3 is 12.0 Å². The van der Waals surface area contributed by atoms with Crippen LogP contribution in [0.5, 0.6) is 12.0 Å². The van der Waals surface area contributed by atoms with E-state index in [4.69, 9.17) is 15.2 Å². The fraction of sp³-hybridized carbons (Fsp3) is 0.769. The molecule has 2 rings (SSSR count). The van der Waals surface area contributed by atoms with Crippen molar-refractivity contribution < 1.29 is 9.47 Å². The zero-order chi connectivity index (χ0) is 14.4. The molecule has 2 N–H and O–H groups in total. The maximum absolute atomic E-state index is 5.65. The molecule has 0 radical (unpaired) electrons. The summed E-state index contributed by atoms with van der Waals surface area (Å²) in [6, 6.07) is 0.871. The zero-order valence-corrected chi connectivity index (χ0v) is 12.2. The van der Waals surface area contributed by atoms with E-state index in [2.05, 4.69) is 26.9 Å². The third-order valence-electron chi connectivity index (χ3n) is 3.37. The number of anilines is 1. The van der Waals surface area contributed by atoms with Crippen molar-refractivity contribution in [3.05, 3.63) is 0 Å². The second kappa shape index (κ2) is 7.23. The number of ether oxygens (including phenoxy) is 2. The molecule has 0 aromatic carbocycles. The molecule has 7 heteroatoms. The number of likely N-dealkylation sites (tertiary alicyclic amines) is 1. The highest BCUT2D eigenvalue weighted by Crippen LogP contribution is 2.17. The second-order valence-corrected chi connectivity index (χ2v) is 5.05. The monoisotopic (exact) mass is 281 g/mol. The highest BCUT2D eigenvalue weighted by Gasteiger charge is 2.20. The van der Waals surface area contributed by atoms with Gasteiger partial charge in [0, 0.05) is 6.04 Å². The largest absolute Gasteiger partial charge is 0.463 e. The molecule has 1 fully saturated rings. The van der Waals surface area contributed by atoms with Gasteiger partial charge in [-0.25, -0.2) is 0 Å². The van der Waals surface area contributed by atoms with E-state index in [1.807, 2.05) is 6.92 Å². The average molecular weight is 281 g/mol. The molecule has 1 aliphatic rings. The van der Waals surface area contributed by atoms with Crippen molar-refractivity contribution in [1.82, 2.24) is 19.9 Å². The van der Waals surface area contributed by atoms with Crippen molar-refractivity contribution in [2.75, 3.05) is 32.5 Å². The molecule has 20 heavy (non-hydrogen) atoms. The number of aromatic nitrogens is 3. The van der Waals surface area contributed by atoms with Gasteiger partial charge in [-0.1, -0.05) is 13.3 Å². The average Bonchev–Trinajstić information content (AvgIpc) is 2.44. The summed E-state index contributed by atoms with van der Waals surface area (Å²) in [5.41, 5.74) is 5.63. The number of nitrogen functional groups attached to an aromatic ring is 1. The highest BCUT2D eigenvalue weighted by atomic mass is 16.5. The van der Waals surface area contributed by atoms with Gasteiger partial charge in [-0.15, -0.1) is 4.98 Å². The predicted molar refractivity (Wildman–Crippen MR) is 75.8 cm³/mol. The molecule has 1 unspecified atom stereocenters. The van der Waals surface area contributed by atoms with Crippen LogP contribution in [0, 0.1) is 0 Å². The molecule has 1 atom stereocenters. The Morgan fingerprint density at radius 2 is 1.95 bits per heavy atom. The molecule has 2 heterocycles. The number of hydrogen-bond donors (Lipinski definition) is 1. The van der Waals surface area contributed by atoms with Crippen LogP contribution in [-0.2, 0) is 0 Å². The van der Waals surface area contributed by atoms with Crippen molar-refractivity contribution in [2.24, 2.45) is 0 Å². The van der Waals surface area contributed by atoms with E-state index in [-0.39, 0.29) is 18.0 Å². The van der Waals surface area contributed by atoms with Crippen molar-refractivity contribution in [3.8, 4) is 12.0 Å². The molecule has 0 spiro atoms. The lowest BCUT2D eigenvalue weighted by molar-refractivity contribution is 0.119. The van der Waals surface area contributed by atoms with Gasteiger partial charge in [-0.3, -0.25) is 0 Å². The fourth-order valence-electron chi connectivity index (χ4n) is 2.20. The van der Waals surface area contributed by atoms with Gasteiger partial charge in [0.2, 0.25) is 5.95 Å². The Morgan fingerprint density at radius 1 is 1.20 bits per heavy atom. The van der Waals surface area contributed by atoms with E-state index in [0.717, 1.165) is 19.4 Å².